The molecule has 0 N–H and O–H groups in total. The van der Waals surface area contributed by atoms with Gasteiger partial charge >= 0.3 is 0 Å². The van der Waals surface area contributed by atoms with E-state index in [-0.39, 0.29) is 17.8 Å². The van der Waals surface area contributed by atoms with Crippen LogP contribution >= 0.6 is 35.6 Å². The van der Waals surface area contributed by atoms with Crippen molar-refractivity contribution in [2.24, 2.45) is 4.99 Å². The summed E-state index contributed by atoms with van der Waals surface area (Å²) in [5.41, 5.74) is 0. The Bertz CT molecular complexity index is 280. The zero-order valence-electron chi connectivity index (χ0n) is 8.57. The molecule has 3 unspecified atom stereocenters. The first-order valence-corrected chi connectivity index (χ1v) is 5.70. The summed E-state index contributed by atoms with van der Waals surface area (Å²) in [6.45, 7) is 1.10. The molecule has 0 radical (unpaired) electrons. The number of alkyl halides is 2. The topological polar surface area (TPSA) is 15.6 Å². The van der Waals surface area contributed by atoms with Crippen LogP contribution in [0.2, 0.25) is 0 Å². The maximum absolute atomic E-state index is 6.55. The lowest BCUT2D eigenvalue weighted by Gasteiger charge is -2.37. The average Bonchev–Trinajstić information content (AvgIpc) is 2.57. The molecule has 2 aliphatic rings. The van der Waals surface area contributed by atoms with E-state index in [0.29, 0.717) is 6.04 Å². The molecule has 0 aromatic heterocycles. The normalized spacial score (nSPS) is 40.5. The lowest BCUT2D eigenvalue weighted by molar-refractivity contribution is 0.282. The van der Waals surface area contributed by atoms with E-state index in [1.807, 2.05) is 6.08 Å². The van der Waals surface area contributed by atoms with Gasteiger partial charge in [0.05, 0.1) is 5.38 Å². The Hall–Kier alpha value is 0.240. The molecule has 15 heavy (non-hydrogen) atoms. The molecule has 0 bridgehead atoms. The lowest BCUT2D eigenvalue weighted by Crippen LogP contribution is -2.51. The van der Waals surface area contributed by atoms with E-state index in [1.54, 1.807) is 12.4 Å². The molecule has 0 aromatic carbocycles. The number of hydrogen-bond donors (Lipinski definition) is 0. The molecule has 0 aliphatic carbocycles. The summed E-state index contributed by atoms with van der Waals surface area (Å²) in [7, 11) is 2.09. The van der Waals surface area contributed by atoms with E-state index in [1.165, 1.54) is 6.42 Å². The molecule has 0 amide bonds. The fraction of sp³-hybridized carbons (Fsp3) is 0.700. The van der Waals surface area contributed by atoms with Crippen molar-refractivity contribution in [2.75, 3.05) is 13.6 Å². The molecular formula is C10H15Cl3N2. The average molecular weight is 270 g/mol. The van der Waals surface area contributed by atoms with E-state index in [2.05, 4.69) is 16.9 Å². The van der Waals surface area contributed by atoms with Crippen molar-refractivity contribution in [3.05, 3.63) is 12.3 Å². The van der Waals surface area contributed by atoms with Crippen LogP contribution in [0.25, 0.3) is 0 Å². The second-order valence-electron chi connectivity index (χ2n) is 3.99. The first kappa shape index (κ1) is 13.3. The van der Waals surface area contributed by atoms with Gasteiger partial charge in [0, 0.05) is 18.5 Å². The third-order valence-electron chi connectivity index (χ3n) is 3.07. The molecule has 0 aromatic rings. The fourth-order valence-corrected chi connectivity index (χ4v) is 2.91. The van der Waals surface area contributed by atoms with E-state index < -0.39 is 4.87 Å². The molecule has 0 saturated carbocycles. The Balaban J connectivity index is 0.00000112. The van der Waals surface area contributed by atoms with Gasteiger partial charge in [-0.15, -0.1) is 35.6 Å². The Morgan fingerprint density at radius 1 is 1.53 bits per heavy atom. The zero-order chi connectivity index (χ0) is 10.2. The first-order chi connectivity index (χ1) is 6.64. The van der Waals surface area contributed by atoms with Crippen molar-refractivity contribution < 1.29 is 0 Å². The third-order valence-corrected chi connectivity index (χ3v) is 4.27. The third kappa shape index (κ3) is 2.33. The van der Waals surface area contributed by atoms with Gasteiger partial charge in [-0.1, -0.05) is 0 Å². The molecule has 2 nitrogen and oxygen atoms in total. The molecule has 2 aliphatic heterocycles. The van der Waals surface area contributed by atoms with E-state index in [4.69, 9.17) is 23.2 Å². The smallest absolute Gasteiger partial charge is 0.115 e. The van der Waals surface area contributed by atoms with Gasteiger partial charge in [0.2, 0.25) is 0 Å². The molecule has 1 saturated heterocycles. The van der Waals surface area contributed by atoms with Gasteiger partial charge in [0.25, 0.3) is 0 Å². The van der Waals surface area contributed by atoms with Crippen LogP contribution in [-0.4, -0.2) is 41.0 Å². The SMILES string of the molecule is CN1CCCC1C1(Cl)C=NC=CC1Cl.Cl. The summed E-state index contributed by atoms with van der Waals surface area (Å²) in [6, 6.07) is 0.306. The molecule has 0 spiro atoms. The van der Waals surface area contributed by atoms with Gasteiger partial charge in [-0.3, -0.25) is 4.99 Å². The Morgan fingerprint density at radius 2 is 2.27 bits per heavy atom. The van der Waals surface area contributed by atoms with Crippen LogP contribution in [0.3, 0.4) is 0 Å². The predicted octanol–water partition coefficient (Wildman–Crippen LogP) is 2.69. The first-order valence-electron chi connectivity index (χ1n) is 4.89. The predicted molar refractivity (Wildman–Crippen MR) is 68.8 cm³/mol. The highest BCUT2D eigenvalue weighted by Gasteiger charge is 2.45. The number of allylic oxidation sites excluding steroid dienone is 1. The van der Waals surface area contributed by atoms with Crippen molar-refractivity contribution in [3.63, 3.8) is 0 Å². The molecule has 2 rings (SSSR count). The maximum atomic E-state index is 6.55. The summed E-state index contributed by atoms with van der Waals surface area (Å²) in [5.74, 6) is 0. The summed E-state index contributed by atoms with van der Waals surface area (Å²) in [5, 5.41) is -0.160. The van der Waals surface area contributed by atoms with E-state index >= 15 is 0 Å². The van der Waals surface area contributed by atoms with Gasteiger partial charge in [0.15, 0.2) is 0 Å². The van der Waals surface area contributed by atoms with Gasteiger partial charge in [-0.2, -0.15) is 0 Å². The zero-order valence-corrected chi connectivity index (χ0v) is 10.9. The van der Waals surface area contributed by atoms with Crippen molar-refractivity contribution in [1.29, 1.82) is 0 Å². The Kier molecular flexibility index (Phi) is 4.48. The minimum Gasteiger partial charge on any atom is -0.301 e. The van der Waals surface area contributed by atoms with Crippen LogP contribution in [-0.2, 0) is 0 Å². The summed E-state index contributed by atoms with van der Waals surface area (Å²) >= 11 is 12.8. The van der Waals surface area contributed by atoms with Crippen LogP contribution in [0.15, 0.2) is 17.3 Å². The summed E-state index contributed by atoms with van der Waals surface area (Å²) in [6.07, 6.45) is 7.66. The number of hydrogen-bond acceptors (Lipinski definition) is 2. The fourth-order valence-electron chi connectivity index (χ4n) is 2.24. The van der Waals surface area contributed by atoms with Crippen LogP contribution < -0.4 is 0 Å². The van der Waals surface area contributed by atoms with Crippen LogP contribution in [0.5, 0.6) is 0 Å². The second kappa shape index (κ2) is 5.05. The van der Waals surface area contributed by atoms with Crippen LogP contribution in [0.1, 0.15) is 12.8 Å². The highest BCUT2D eigenvalue weighted by atomic mass is 35.5. The second-order valence-corrected chi connectivity index (χ2v) is 5.11. The van der Waals surface area contributed by atoms with Crippen molar-refractivity contribution in [1.82, 2.24) is 4.90 Å². The molecule has 86 valence electrons. The minimum absolute atomic E-state index is 0. The largest absolute Gasteiger partial charge is 0.301 e. The van der Waals surface area contributed by atoms with Crippen LogP contribution in [0.4, 0.5) is 0 Å². The number of aliphatic imine (C=N–C) groups is 1. The highest BCUT2D eigenvalue weighted by Crippen LogP contribution is 2.37. The number of rotatable bonds is 1. The number of halogens is 3. The maximum Gasteiger partial charge on any atom is 0.115 e. The number of nitrogens with zero attached hydrogens (tertiary/aromatic N) is 2. The van der Waals surface area contributed by atoms with Crippen molar-refractivity contribution >= 4 is 41.8 Å². The van der Waals surface area contributed by atoms with Crippen molar-refractivity contribution in [3.8, 4) is 0 Å². The van der Waals surface area contributed by atoms with Gasteiger partial charge in [-0.05, 0) is 32.5 Å². The molecular weight excluding hydrogens is 254 g/mol. The molecule has 5 heteroatoms. The molecule has 1 fully saturated rings. The lowest BCUT2D eigenvalue weighted by atomic mass is 9.92. The molecule has 3 atom stereocenters. The van der Waals surface area contributed by atoms with Crippen LogP contribution in [0, 0.1) is 0 Å². The monoisotopic (exact) mass is 268 g/mol. The van der Waals surface area contributed by atoms with Crippen molar-refractivity contribution in [2.45, 2.75) is 29.1 Å². The summed E-state index contributed by atoms with van der Waals surface area (Å²) < 4.78 is 0. The van der Waals surface area contributed by atoms with E-state index in [9.17, 15) is 0 Å². The van der Waals surface area contributed by atoms with E-state index in [0.717, 1.165) is 13.0 Å². The summed E-state index contributed by atoms with van der Waals surface area (Å²) in [4.78, 5) is 5.86. The highest BCUT2D eigenvalue weighted by molar-refractivity contribution is 6.40. The molecule has 2 heterocycles. The quantitative estimate of drug-likeness (QED) is 0.668. The minimum atomic E-state index is -0.526. The van der Waals surface area contributed by atoms with Gasteiger partial charge in [0.1, 0.15) is 4.87 Å². The van der Waals surface area contributed by atoms with Gasteiger partial charge in [-0.25, -0.2) is 0 Å². The Morgan fingerprint density at radius 3 is 2.80 bits per heavy atom. The van der Waals surface area contributed by atoms with Gasteiger partial charge < -0.3 is 4.90 Å². The Labute approximate surface area is 107 Å². The standard InChI is InChI=1S/C10H14Cl2N2.ClH/c1-14-6-2-3-9(14)10(12)7-13-5-4-8(10)11;/h4-5,7-9H,2-3,6H2,1H3;1H. The number of likely N-dealkylation sites (tertiary alicyclic amines) is 1.